The molecule has 3 aliphatic rings. The molecule has 0 aromatic carbocycles. The minimum Gasteiger partial charge on any atom is -0.329 e. The van der Waals surface area contributed by atoms with Crippen LogP contribution in [0, 0.1) is 35.0 Å². The van der Waals surface area contributed by atoms with Gasteiger partial charge in [0.1, 0.15) is 26.3 Å². The molecule has 6 atom stereocenters. The quantitative estimate of drug-likeness (QED) is 0.0345. The Morgan fingerprint density at radius 2 is 1.25 bits per heavy atom. The van der Waals surface area contributed by atoms with Crippen molar-refractivity contribution >= 4 is 0 Å². The van der Waals surface area contributed by atoms with E-state index < -0.39 is 0 Å². The van der Waals surface area contributed by atoms with Gasteiger partial charge in [0.05, 0.1) is 55.5 Å². The molecule has 0 N–H and O–H groups in total. The van der Waals surface area contributed by atoms with Crippen LogP contribution in [0.25, 0.3) is 0 Å². The lowest BCUT2D eigenvalue weighted by atomic mass is 9.52. The second kappa shape index (κ2) is 24.7. The van der Waals surface area contributed by atoms with Gasteiger partial charge in [-0.2, -0.15) is 0 Å². The van der Waals surface area contributed by atoms with Gasteiger partial charge in [0.2, 0.25) is 0 Å². The maximum atomic E-state index is 6.25. The third-order valence-electron chi connectivity index (χ3n) is 12.8. The van der Waals surface area contributed by atoms with E-state index in [1.54, 1.807) is 5.57 Å². The fraction of sp³-hybridized carbons (Fsp3) is 0.913. The maximum Gasteiger partial charge on any atom is 0.131 e. The van der Waals surface area contributed by atoms with Gasteiger partial charge >= 0.3 is 0 Å². The molecule has 52 heavy (non-hydrogen) atoms. The summed E-state index contributed by atoms with van der Waals surface area (Å²) >= 11 is 0. The first kappa shape index (κ1) is 45.6. The largest absolute Gasteiger partial charge is 0.329 e. The molecule has 3 rings (SSSR count). The highest BCUT2D eigenvalue weighted by Gasteiger charge is 2.49. The van der Waals surface area contributed by atoms with Crippen LogP contribution in [0.3, 0.4) is 0 Å². The molecule has 0 aliphatic heterocycles. The monoisotopic (exact) mass is 733 g/mol. The van der Waals surface area contributed by atoms with Crippen molar-refractivity contribution in [2.24, 2.45) is 35.0 Å². The van der Waals surface area contributed by atoms with E-state index in [-0.39, 0.29) is 5.41 Å². The molecule has 0 aromatic rings. The Morgan fingerprint density at radius 3 is 1.90 bits per heavy atom. The van der Waals surface area contributed by atoms with Gasteiger partial charge in [-0.1, -0.05) is 134 Å². The van der Waals surface area contributed by atoms with E-state index in [1.807, 2.05) is 0 Å². The van der Waals surface area contributed by atoms with E-state index in [2.05, 4.69) is 74.4 Å². The number of likely N-dealkylation sites (N-methyl/N-ethyl adjacent to an activating group) is 2. The Labute approximate surface area is 323 Å². The third-order valence-corrected chi connectivity index (χ3v) is 12.8. The SMILES string of the molecule is CCCCCCC1C=C[C@]2(CCCCCCC2COOCC[N+](C)(C)C)C(/C=C2/CCCCCCC2COOCC[N+](C)(C)C)C1CCCCCC. The molecule has 0 amide bonds. The van der Waals surface area contributed by atoms with Gasteiger partial charge < -0.3 is 8.97 Å². The first-order valence-electron chi connectivity index (χ1n) is 22.5. The summed E-state index contributed by atoms with van der Waals surface area (Å²) in [6, 6.07) is 0. The van der Waals surface area contributed by atoms with Crippen LogP contribution in [0.2, 0.25) is 0 Å². The van der Waals surface area contributed by atoms with E-state index in [0.717, 1.165) is 22.1 Å². The molecule has 5 unspecified atom stereocenters. The van der Waals surface area contributed by atoms with Crippen molar-refractivity contribution in [1.82, 2.24) is 0 Å². The van der Waals surface area contributed by atoms with Crippen molar-refractivity contribution in [1.29, 1.82) is 0 Å². The fourth-order valence-corrected chi connectivity index (χ4v) is 9.47. The molecule has 0 radical (unpaired) electrons. The van der Waals surface area contributed by atoms with E-state index in [1.165, 1.54) is 141 Å². The number of rotatable bonds is 23. The summed E-state index contributed by atoms with van der Waals surface area (Å²) in [5.74, 6) is 2.80. The summed E-state index contributed by atoms with van der Waals surface area (Å²) < 4.78 is 1.78. The van der Waals surface area contributed by atoms with Crippen molar-refractivity contribution in [2.75, 3.05) is 81.8 Å². The molecular weight excluding hydrogens is 645 g/mol. The normalized spacial score (nSPS) is 28.8. The Kier molecular flexibility index (Phi) is 21.7. The molecule has 0 aromatic heterocycles. The smallest absolute Gasteiger partial charge is 0.131 e. The zero-order chi connectivity index (χ0) is 37.7. The fourth-order valence-electron chi connectivity index (χ4n) is 9.47. The van der Waals surface area contributed by atoms with Crippen LogP contribution in [-0.4, -0.2) is 90.8 Å². The van der Waals surface area contributed by atoms with Crippen molar-refractivity contribution < 1.29 is 28.5 Å². The molecule has 2 fully saturated rings. The second-order valence-electron chi connectivity index (χ2n) is 19.3. The van der Waals surface area contributed by atoms with Crippen molar-refractivity contribution in [2.45, 2.75) is 155 Å². The second-order valence-corrected chi connectivity index (χ2v) is 19.3. The molecule has 0 saturated heterocycles. The predicted octanol–water partition coefficient (Wildman–Crippen LogP) is 11.5. The molecule has 3 aliphatic carbocycles. The molecule has 0 heterocycles. The number of hydrogen-bond donors (Lipinski definition) is 0. The Hall–Kier alpha value is -0.760. The average molecular weight is 733 g/mol. The van der Waals surface area contributed by atoms with Crippen molar-refractivity contribution in [3.63, 3.8) is 0 Å². The van der Waals surface area contributed by atoms with Crippen LogP contribution in [0.1, 0.15) is 155 Å². The van der Waals surface area contributed by atoms with Gasteiger partial charge in [0.25, 0.3) is 0 Å². The zero-order valence-electron chi connectivity index (χ0n) is 35.9. The molecule has 304 valence electrons. The summed E-state index contributed by atoms with van der Waals surface area (Å²) in [6.07, 6.45) is 37.4. The van der Waals surface area contributed by atoms with Crippen LogP contribution < -0.4 is 0 Å². The van der Waals surface area contributed by atoms with E-state index in [4.69, 9.17) is 19.6 Å². The van der Waals surface area contributed by atoms with Gasteiger partial charge in [-0.25, -0.2) is 19.6 Å². The van der Waals surface area contributed by atoms with Gasteiger partial charge in [-0.05, 0) is 74.0 Å². The lowest BCUT2D eigenvalue weighted by Gasteiger charge is -2.52. The van der Waals surface area contributed by atoms with Gasteiger partial charge in [-0.15, -0.1) is 0 Å². The first-order chi connectivity index (χ1) is 25.0. The number of unbranched alkanes of at least 4 members (excludes halogenated alkanes) is 6. The van der Waals surface area contributed by atoms with E-state index in [9.17, 15) is 0 Å². The number of allylic oxidation sites excluding steroid dienone is 3. The molecule has 1 spiro atoms. The van der Waals surface area contributed by atoms with E-state index in [0.29, 0.717) is 56.0 Å². The highest BCUT2D eigenvalue weighted by atomic mass is 17.2. The van der Waals surface area contributed by atoms with Gasteiger partial charge in [0, 0.05) is 5.92 Å². The van der Waals surface area contributed by atoms with E-state index >= 15 is 0 Å². The lowest BCUT2D eigenvalue weighted by molar-refractivity contribution is -0.871. The van der Waals surface area contributed by atoms with Crippen LogP contribution in [0.15, 0.2) is 23.8 Å². The molecular formula is C46H88N2O4+2. The summed E-state index contributed by atoms with van der Waals surface area (Å²) in [7, 11) is 13.3. The molecule has 6 heteroatoms. The minimum absolute atomic E-state index is 0.112. The standard InChI is InChI=1S/C46H88N2O4/c1-9-11-13-19-25-40-30-32-46(31-24-18-17-22-28-43(46)39-52-50-36-34-48(6,7)8)45(44(40)29-23-14-12-10-2)37-41-26-20-15-16-21-27-42(41)38-51-49-35-33-47(3,4)5/h30,32,37,40,42-45H,9-29,31,33-36,38-39H2,1-8H3/q+2/b41-37-/t40?,42?,43?,44?,45?,46-/m0/s1. The summed E-state index contributed by atoms with van der Waals surface area (Å²) in [5.41, 5.74) is 1.79. The molecule has 6 nitrogen and oxygen atoms in total. The van der Waals surface area contributed by atoms with Gasteiger partial charge in [0.15, 0.2) is 0 Å². The minimum atomic E-state index is 0.112. The van der Waals surface area contributed by atoms with Crippen LogP contribution in [0.4, 0.5) is 0 Å². The predicted molar refractivity (Wildman–Crippen MR) is 220 cm³/mol. The molecule has 0 bridgehead atoms. The highest BCUT2D eigenvalue weighted by Crippen LogP contribution is 2.56. The Bertz CT molecular complexity index is 984. The van der Waals surface area contributed by atoms with Crippen LogP contribution in [-0.2, 0) is 19.6 Å². The zero-order valence-corrected chi connectivity index (χ0v) is 35.9. The first-order valence-corrected chi connectivity index (χ1v) is 22.5. The van der Waals surface area contributed by atoms with Crippen molar-refractivity contribution in [3.05, 3.63) is 23.8 Å². The number of hydrogen-bond acceptors (Lipinski definition) is 4. The topological polar surface area (TPSA) is 36.9 Å². The van der Waals surface area contributed by atoms with Crippen molar-refractivity contribution in [3.8, 4) is 0 Å². The summed E-state index contributed by atoms with van der Waals surface area (Å²) in [6.45, 7) is 9.28. The highest BCUT2D eigenvalue weighted by molar-refractivity contribution is 5.23. The third kappa shape index (κ3) is 16.9. The Balaban J connectivity index is 2.02. The number of nitrogens with zero attached hydrogens (tertiary/aromatic N) is 2. The number of quaternary nitrogens is 2. The lowest BCUT2D eigenvalue weighted by Crippen LogP contribution is -2.46. The summed E-state index contributed by atoms with van der Waals surface area (Å²) in [4.78, 5) is 24.2. The Morgan fingerprint density at radius 1 is 0.654 bits per heavy atom. The van der Waals surface area contributed by atoms with Crippen LogP contribution >= 0.6 is 0 Å². The summed E-state index contributed by atoms with van der Waals surface area (Å²) in [5, 5.41) is 0. The van der Waals surface area contributed by atoms with Crippen LogP contribution in [0.5, 0.6) is 0 Å². The molecule has 2 saturated carbocycles. The maximum absolute atomic E-state index is 6.25. The van der Waals surface area contributed by atoms with Gasteiger partial charge in [-0.3, -0.25) is 0 Å². The average Bonchev–Trinajstić information content (AvgIpc) is 3.06.